The Kier molecular flexibility index (Phi) is 6.21. The number of rotatable bonds is 6. The van der Waals surface area contributed by atoms with E-state index in [1.54, 1.807) is 7.11 Å². The summed E-state index contributed by atoms with van der Waals surface area (Å²) in [5.74, 6) is 0.597. The van der Waals surface area contributed by atoms with Gasteiger partial charge in [-0.2, -0.15) is 0 Å². The van der Waals surface area contributed by atoms with Crippen LogP contribution >= 0.6 is 0 Å². The third-order valence-corrected chi connectivity index (χ3v) is 3.47. The van der Waals surface area contributed by atoms with Gasteiger partial charge in [-0.3, -0.25) is 4.79 Å². The van der Waals surface area contributed by atoms with Gasteiger partial charge in [-0.25, -0.2) is 0 Å². The summed E-state index contributed by atoms with van der Waals surface area (Å²) in [6.45, 7) is 11.9. The van der Waals surface area contributed by atoms with E-state index in [1.807, 2.05) is 32.0 Å². The summed E-state index contributed by atoms with van der Waals surface area (Å²) in [5.41, 5.74) is 1.93. The second kappa shape index (κ2) is 7.46. The molecule has 0 spiro atoms. The largest absolute Gasteiger partial charge is 0.495 e. The number of ether oxygens (including phenoxy) is 1. The summed E-state index contributed by atoms with van der Waals surface area (Å²) < 4.78 is 5.34. The van der Waals surface area contributed by atoms with Crippen LogP contribution in [-0.2, 0) is 10.2 Å². The van der Waals surface area contributed by atoms with E-state index < -0.39 is 0 Å². The molecule has 0 aliphatic carbocycles. The topological polar surface area (TPSA) is 50.4 Å². The zero-order chi connectivity index (χ0) is 16.0. The van der Waals surface area contributed by atoms with Gasteiger partial charge in [-0.05, 0) is 29.7 Å². The molecular formula is C17H28N2O2. The normalized spacial score (nSPS) is 12.9. The highest BCUT2D eigenvalue weighted by atomic mass is 16.5. The minimum absolute atomic E-state index is 0.000286. The summed E-state index contributed by atoms with van der Waals surface area (Å²) in [6.07, 6.45) is 0. The molecule has 4 heteroatoms. The van der Waals surface area contributed by atoms with Crippen LogP contribution < -0.4 is 15.4 Å². The van der Waals surface area contributed by atoms with Crippen LogP contribution in [0.1, 0.15) is 40.2 Å². The summed E-state index contributed by atoms with van der Waals surface area (Å²) in [7, 11) is 1.61. The maximum Gasteiger partial charge on any atom is 0.228 e. The van der Waals surface area contributed by atoms with E-state index in [-0.39, 0.29) is 17.2 Å². The van der Waals surface area contributed by atoms with E-state index in [1.165, 1.54) is 0 Å². The molecule has 0 aliphatic heterocycles. The molecule has 1 unspecified atom stereocenters. The number of methoxy groups -OCH3 is 1. The Bertz CT molecular complexity index is 478. The minimum Gasteiger partial charge on any atom is -0.495 e. The highest BCUT2D eigenvalue weighted by Crippen LogP contribution is 2.31. The van der Waals surface area contributed by atoms with Crippen molar-refractivity contribution >= 4 is 11.6 Å². The average Bonchev–Trinajstić information content (AvgIpc) is 2.43. The Hall–Kier alpha value is -1.55. The highest BCUT2D eigenvalue weighted by Gasteiger charge is 2.18. The van der Waals surface area contributed by atoms with Gasteiger partial charge in [-0.1, -0.05) is 40.7 Å². The van der Waals surface area contributed by atoms with Gasteiger partial charge in [0, 0.05) is 12.5 Å². The summed E-state index contributed by atoms with van der Waals surface area (Å²) in [5, 5.41) is 6.17. The first-order valence-corrected chi connectivity index (χ1v) is 7.49. The second-order valence-corrected chi connectivity index (χ2v) is 6.36. The first-order valence-electron chi connectivity index (χ1n) is 7.49. The lowest BCUT2D eigenvalue weighted by atomic mass is 9.87. The van der Waals surface area contributed by atoms with Crippen LogP contribution in [0.5, 0.6) is 5.75 Å². The fourth-order valence-electron chi connectivity index (χ4n) is 1.98. The number of carbonyl (C=O) groups excluding carboxylic acids is 1. The Morgan fingerprint density at radius 2 is 2.00 bits per heavy atom. The number of hydrogen-bond acceptors (Lipinski definition) is 3. The van der Waals surface area contributed by atoms with Gasteiger partial charge in [0.25, 0.3) is 0 Å². The maximum atomic E-state index is 12.2. The smallest absolute Gasteiger partial charge is 0.228 e. The monoisotopic (exact) mass is 292 g/mol. The molecular weight excluding hydrogens is 264 g/mol. The van der Waals surface area contributed by atoms with Crippen molar-refractivity contribution in [2.45, 2.75) is 40.0 Å². The molecule has 0 fully saturated rings. The second-order valence-electron chi connectivity index (χ2n) is 6.36. The predicted octanol–water partition coefficient (Wildman–Crippen LogP) is 3.18. The highest BCUT2D eigenvalue weighted by molar-refractivity contribution is 5.94. The third-order valence-electron chi connectivity index (χ3n) is 3.47. The van der Waals surface area contributed by atoms with E-state index in [0.29, 0.717) is 12.3 Å². The molecule has 1 aromatic rings. The van der Waals surface area contributed by atoms with Crippen LogP contribution in [0.25, 0.3) is 0 Å². The van der Waals surface area contributed by atoms with Gasteiger partial charge in [0.1, 0.15) is 5.75 Å². The van der Waals surface area contributed by atoms with Gasteiger partial charge < -0.3 is 15.4 Å². The van der Waals surface area contributed by atoms with Gasteiger partial charge in [0.15, 0.2) is 0 Å². The SMILES string of the molecule is CCNCC(C)C(=O)Nc1cc(C(C)(C)C)ccc1OC. The number of hydrogen-bond donors (Lipinski definition) is 2. The van der Waals surface area contributed by atoms with E-state index in [0.717, 1.165) is 17.8 Å². The Morgan fingerprint density at radius 1 is 1.33 bits per heavy atom. The number of nitrogens with one attached hydrogen (secondary N) is 2. The van der Waals surface area contributed by atoms with Gasteiger partial charge in [-0.15, -0.1) is 0 Å². The zero-order valence-corrected chi connectivity index (χ0v) is 14.0. The first-order chi connectivity index (χ1) is 9.79. The molecule has 1 aromatic carbocycles. The van der Waals surface area contributed by atoms with Crippen molar-refractivity contribution < 1.29 is 9.53 Å². The van der Waals surface area contributed by atoms with Crippen molar-refractivity contribution in [3.63, 3.8) is 0 Å². The number of benzene rings is 1. The van der Waals surface area contributed by atoms with Gasteiger partial charge in [0.2, 0.25) is 5.91 Å². The molecule has 1 amide bonds. The molecule has 0 saturated heterocycles. The predicted molar refractivity (Wildman–Crippen MR) is 88.0 cm³/mol. The summed E-state index contributed by atoms with van der Waals surface area (Å²) in [6, 6.07) is 5.94. The lowest BCUT2D eigenvalue weighted by Gasteiger charge is -2.22. The molecule has 0 aromatic heterocycles. The molecule has 0 aliphatic rings. The van der Waals surface area contributed by atoms with Crippen molar-refractivity contribution in [2.75, 3.05) is 25.5 Å². The average molecular weight is 292 g/mol. The van der Waals surface area contributed by atoms with E-state index in [2.05, 4.69) is 31.4 Å². The molecule has 1 rings (SSSR count). The summed E-state index contributed by atoms with van der Waals surface area (Å²) in [4.78, 5) is 12.2. The van der Waals surface area contributed by atoms with Gasteiger partial charge >= 0.3 is 0 Å². The lowest BCUT2D eigenvalue weighted by molar-refractivity contribution is -0.119. The number of carbonyl (C=O) groups is 1. The Balaban J connectivity index is 2.92. The molecule has 0 radical (unpaired) electrons. The molecule has 21 heavy (non-hydrogen) atoms. The molecule has 0 heterocycles. The van der Waals surface area contributed by atoms with Crippen LogP contribution in [0.3, 0.4) is 0 Å². The van der Waals surface area contributed by atoms with E-state index in [4.69, 9.17) is 4.74 Å². The van der Waals surface area contributed by atoms with Gasteiger partial charge in [0.05, 0.1) is 12.8 Å². The standard InChI is InChI=1S/C17H28N2O2/c1-7-18-11-12(2)16(20)19-14-10-13(17(3,4)5)8-9-15(14)21-6/h8-10,12,18H,7,11H2,1-6H3,(H,19,20). The Morgan fingerprint density at radius 3 is 2.52 bits per heavy atom. The lowest BCUT2D eigenvalue weighted by Crippen LogP contribution is -2.30. The number of anilines is 1. The molecule has 0 saturated carbocycles. The van der Waals surface area contributed by atoms with Crippen molar-refractivity contribution in [3.05, 3.63) is 23.8 Å². The quantitative estimate of drug-likeness (QED) is 0.846. The molecule has 1 atom stereocenters. The molecule has 2 N–H and O–H groups in total. The molecule has 118 valence electrons. The van der Waals surface area contributed by atoms with Crippen molar-refractivity contribution in [2.24, 2.45) is 5.92 Å². The van der Waals surface area contributed by atoms with Crippen molar-refractivity contribution in [3.8, 4) is 5.75 Å². The van der Waals surface area contributed by atoms with E-state index in [9.17, 15) is 4.79 Å². The number of amides is 1. The zero-order valence-electron chi connectivity index (χ0n) is 14.0. The summed E-state index contributed by atoms with van der Waals surface area (Å²) >= 11 is 0. The molecule has 4 nitrogen and oxygen atoms in total. The first kappa shape index (κ1) is 17.5. The fraction of sp³-hybridized carbons (Fsp3) is 0.588. The minimum atomic E-state index is -0.0899. The van der Waals surface area contributed by atoms with Crippen molar-refractivity contribution in [1.29, 1.82) is 0 Å². The maximum absolute atomic E-state index is 12.2. The van der Waals surface area contributed by atoms with E-state index >= 15 is 0 Å². The van der Waals surface area contributed by atoms with Crippen LogP contribution in [-0.4, -0.2) is 26.1 Å². The van der Waals surface area contributed by atoms with Crippen molar-refractivity contribution in [1.82, 2.24) is 5.32 Å². The fourth-order valence-corrected chi connectivity index (χ4v) is 1.98. The van der Waals surface area contributed by atoms with Crippen LogP contribution in [0.2, 0.25) is 0 Å². The van der Waals surface area contributed by atoms with Crippen LogP contribution in [0.4, 0.5) is 5.69 Å². The Labute approximate surface area is 128 Å². The van der Waals surface area contributed by atoms with Crippen LogP contribution in [0, 0.1) is 5.92 Å². The van der Waals surface area contributed by atoms with Crippen LogP contribution in [0.15, 0.2) is 18.2 Å². The third kappa shape index (κ3) is 5.05. The molecule has 0 bridgehead atoms.